The molecule has 5 aromatic rings. The third kappa shape index (κ3) is 4.86. The van der Waals surface area contributed by atoms with Gasteiger partial charge < -0.3 is 18.9 Å². The van der Waals surface area contributed by atoms with Crippen LogP contribution in [-0.4, -0.2) is 43.7 Å². The number of para-hydroxylation sites is 1. The number of cyclic esters (lactones) is 1. The average molecular weight is 704 g/mol. The molecule has 4 heterocycles. The molecule has 19 heteroatoms. The molecule has 0 unspecified atom stereocenters. The minimum Gasteiger partial charge on any atom is -0.458 e. The Kier molecular flexibility index (Phi) is 7.18. The molecule has 0 bridgehead atoms. The Hall–Kier alpha value is -7.57. The van der Waals surface area contributed by atoms with Crippen LogP contribution >= 0.6 is 0 Å². The lowest BCUT2D eigenvalue weighted by Crippen LogP contribution is -2.34. The Bertz CT molecular complexity index is 2620. The van der Waals surface area contributed by atoms with E-state index in [2.05, 4.69) is 15.5 Å². The van der Waals surface area contributed by atoms with E-state index in [0.717, 1.165) is 29.1 Å². The monoisotopic (exact) mass is 703 g/mol. The summed E-state index contributed by atoms with van der Waals surface area (Å²) in [6.07, 6.45) is -1.67. The van der Waals surface area contributed by atoms with E-state index in [4.69, 9.17) is 19.3 Å². The first-order valence-corrected chi connectivity index (χ1v) is 15.1. The number of carbonyl (C=O) groups is 2. The molecule has 1 atom stereocenters. The van der Waals surface area contributed by atoms with Crippen LogP contribution < -0.4 is 5.56 Å². The van der Waals surface area contributed by atoms with Gasteiger partial charge in [0.05, 0.1) is 50.5 Å². The van der Waals surface area contributed by atoms with E-state index in [1.165, 1.54) is 4.57 Å². The second kappa shape index (κ2) is 11.8. The maximum Gasteiger partial charge on any atom is 0.352 e. The number of hydrogen-bond acceptors (Lipinski definition) is 16. The van der Waals surface area contributed by atoms with Gasteiger partial charge in [-0.3, -0.25) is 25.0 Å². The van der Waals surface area contributed by atoms with E-state index >= 15 is 0 Å². The quantitative estimate of drug-likeness (QED) is 0.0862. The van der Waals surface area contributed by atoms with Crippen molar-refractivity contribution in [2.75, 3.05) is 6.61 Å². The van der Waals surface area contributed by atoms with Gasteiger partial charge in [-0.2, -0.15) is 0 Å². The number of carbonyl (C=O) groups excluding carboxylic acids is 2. The third-order valence-corrected chi connectivity index (χ3v) is 8.83. The summed E-state index contributed by atoms with van der Waals surface area (Å²) < 4.78 is 12.1. The first kappa shape index (κ1) is 31.7. The van der Waals surface area contributed by atoms with Crippen molar-refractivity contribution in [3.8, 4) is 22.5 Å². The molecule has 0 spiro atoms. The number of benzene rings is 3. The predicted octanol–water partition coefficient (Wildman–Crippen LogP) is 5.13. The van der Waals surface area contributed by atoms with Gasteiger partial charge in [0.15, 0.2) is 0 Å². The zero-order valence-corrected chi connectivity index (χ0v) is 26.0. The summed E-state index contributed by atoms with van der Waals surface area (Å²) >= 11 is 0. The highest BCUT2D eigenvalue weighted by molar-refractivity contribution is 6.27. The molecule has 256 valence electrons. The molecule has 2 aromatic heterocycles. The second-order valence-corrected chi connectivity index (χ2v) is 11.7. The first-order chi connectivity index (χ1) is 25.1. The van der Waals surface area contributed by atoms with Crippen LogP contribution in [0.4, 0.5) is 22.7 Å². The van der Waals surface area contributed by atoms with Gasteiger partial charge in [-0.05, 0) is 40.7 Å². The number of non-ortho nitro benzene ring substituents is 1. The highest BCUT2D eigenvalue weighted by Crippen LogP contribution is 2.50. The van der Waals surface area contributed by atoms with Crippen LogP contribution in [0.15, 0.2) is 81.0 Å². The molecule has 0 radical (unpaired) electrons. The molecule has 0 saturated heterocycles. The summed E-state index contributed by atoms with van der Waals surface area (Å²) in [7, 11) is 0. The number of oxime groups is 1. The molecule has 3 aromatic carbocycles. The third-order valence-electron chi connectivity index (χ3n) is 8.83. The van der Waals surface area contributed by atoms with Crippen LogP contribution in [0.3, 0.4) is 0 Å². The van der Waals surface area contributed by atoms with E-state index in [1.807, 2.05) is 30.3 Å². The van der Waals surface area contributed by atoms with Crippen molar-refractivity contribution in [3.63, 3.8) is 0 Å². The van der Waals surface area contributed by atoms with Crippen molar-refractivity contribution in [1.82, 2.24) is 9.55 Å². The van der Waals surface area contributed by atoms with E-state index in [0.29, 0.717) is 23.0 Å². The van der Waals surface area contributed by atoms with Crippen molar-refractivity contribution in [2.24, 2.45) is 15.5 Å². The number of nitro groups is 2. The summed E-state index contributed by atoms with van der Waals surface area (Å²) in [5.74, 6) is -2.12. The molecule has 2 aliphatic heterocycles. The normalized spacial score (nSPS) is 15.5. The molecule has 0 saturated carbocycles. The predicted molar refractivity (Wildman–Crippen MR) is 177 cm³/mol. The number of hydrogen-bond donors (Lipinski definition) is 0. The lowest BCUT2D eigenvalue weighted by Gasteiger charge is -2.24. The Morgan fingerprint density at radius 2 is 1.77 bits per heavy atom. The van der Waals surface area contributed by atoms with Crippen molar-refractivity contribution in [3.05, 3.63) is 129 Å². The summed E-state index contributed by atoms with van der Waals surface area (Å²) in [4.78, 5) is 94.5. The fourth-order valence-electron chi connectivity index (χ4n) is 6.63. The van der Waals surface area contributed by atoms with Gasteiger partial charge in [-0.15, -0.1) is 9.81 Å². The zero-order valence-electron chi connectivity index (χ0n) is 26.0. The SMILES string of the molecule is O=Nc1cc(N=O)c2c(c1)/C(=N/OCC(=O)O[C@@H]1C(=O)OCc3c1cc1n(c3=O)Cc3cc4ccccc4nc3-1)c1cc([N+](=O)[O-])cc([N+](=O)[O-])c1-2. The number of fused-ring (bicyclic) bond motifs is 8. The highest BCUT2D eigenvalue weighted by Gasteiger charge is 2.40. The van der Waals surface area contributed by atoms with Crippen molar-refractivity contribution in [2.45, 2.75) is 19.3 Å². The largest absolute Gasteiger partial charge is 0.458 e. The van der Waals surface area contributed by atoms with Crippen molar-refractivity contribution >= 4 is 51.3 Å². The van der Waals surface area contributed by atoms with Crippen molar-refractivity contribution in [1.29, 1.82) is 0 Å². The van der Waals surface area contributed by atoms with E-state index in [1.54, 1.807) is 6.07 Å². The molecular weight excluding hydrogens is 686 g/mol. The second-order valence-electron chi connectivity index (χ2n) is 11.7. The number of aromatic nitrogens is 2. The first-order valence-electron chi connectivity index (χ1n) is 15.1. The van der Waals surface area contributed by atoms with Crippen LogP contribution in [-0.2, 0) is 37.1 Å². The molecule has 0 amide bonds. The smallest absolute Gasteiger partial charge is 0.352 e. The van der Waals surface area contributed by atoms with E-state index in [-0.39, 0.29) is 57.9 Å². The summed E-state index contributed by atoms with van der Waals surface area (Å²) in [6.45, 7) is -1.10. The number of esters is 2. The topological polar surface area (TPSA) is 254 Å². The molecule has 8 rings (SSSR count). The molecule has 0 N–H and O–H groups in total. The maximum atomic E-state index is 13.6. The van der Waals surface area contributed by atoms with Gasteiger partial charge in [0.2, 0.25) is 12.7 Å². The summed E-state index contributed by atoms with van der Waals surface area (Å²) in [5.41, 5.74) is -1.23. The number of pyridine rings is 2. The van der Waals surface area contributed by atoms with Gasteiger partial charge in [0.1, 0.15) is 23.7 Å². The van der Waals surface area contributed by atoms with Gasteiger partial charge >= 0.3 is 11.9 Å². The Morgan fingerprint density at radius 3 is 2.52 bits per heavy atom. The van der Waals surface area contributed by atoms with E-state index < -0.39 is 57.1 Å². The minimum absolute atomic E-state index is 0.0935. The van der Waals surface area contributed by atoms with Gasteiger partial charge in [0.25, 0.3) is 16.9 Å². The Labute approximate surface area is 287 Å². The maximum absolute atomic E-state index is 13.6. The van der Waals surface area contributed by atoms with Gasteiger partial charge in [-0.25, -0.2) is 14.6 Å². The number of rotatable bonds is 8. The summed E-state index contributed by atoms with van der Waals surface area (Å²) in [5, 5.41) is 34.0. The van der Waals surface area contributed by atoms with Crippen LogP contribution in [0.1, 0.15) is 33.9 Å². The fourth-order valence-corrected chi connectivity index (χ4v) is 6.63. The van der Waals surface area contributed by atoms with Crippen molar-refractivity contribution < 1.29 is 33.7 Å². The molecule has 1 aliphatic carbocycles. The molecule has 19 nitrogen and oxygen atoms in total. The summed E-state index contributed by atoms with van der Waals surface area (Å²) in [6, 6.07) is 14.6. The van der Waals surface area contributed by atoms with Crippen LogP contribution in [0.25, 0.3) is 33.4 Å². The molecule has 0 fully saturated rings. The number of nitrogens with zero attached hydrogens (tertiary/aromatic N) is 7. The average Bonchev–Trinajstić information content (AvgIpc) is 3.65. The van der Waals surface area contributed by atoms with Crippen LogP contribution in [0.2, 0.25) is 0 Å². The molecule has 3 aliphatic rings. The standard InChI is InChI=1S/C33H17N7O12/c41-26(13-51-37-30-19-6-16(35-44)7-23(36-45)27(19)28-20(30)8-17(39(46)47)9-24(28)40(48)49)52-31-18-10-25-29-15(5-14-3-1-2-4-22(14)34-29)11-38(25)32(42)21(18)12-50-33(31)43/h1-10,31H,11-13H2/b37-30-/t31-/m0/s1. The Morgan fingerprint density at radius 1 is 0.981 bits per heavy atom. The van der Waals surface area contributed by atoms with E-state index in [9.17, 15) is 44.4 Å². The zero-order chi connectivity index (χ0) is 36.4. The number of nitroso groups, excluding NO2 is 2. The molecular formula is C33H17N7O12. The lowest BCUT2D eigenvalue weighted by atomic mass is 10.00. The number of nitro benzene ring substituents is 2. The van der Waals surface area contributed by atoms with Gasteiger partial charge in [0, 0.05) is 39.3 Å². The number of ether oxygens (including phenoxy) is 2. The van der Waals surface area contributed by atoms with Gasteiger partial charge in [-0.1, -0.05) is 23.4 Å². The van der Waals surface area contributed by atoms with Crippen LogP contribution in [0, 0.1) is 30.0 Å². The highest BCUT2D eigenvalue weighted by atomic mass is 16.7. The Balaban J connectivity index is 1.12. The molecule has 52 heavy (non-hydrogen) atoms. The minimum atomic E-state index is -1.67. The van der Waals surface area contributed by atoms with Crippen LogP contribution in [0.5, 0.6) is 0 Å². The lowest BCUT2D eigenvalue weighted by molar-refractivity contribution is -0.393. The fraction of sp³-hybridized carbons (Fsp3) is 0.121.